The van der Waals surface area contributed by atoms with Crippen LogP contribution in [0.3, 0.4) is 0 Å². The van der Waals surface area contributed by atoms with Gasteiger partial charge in [-0.2, -0.15) is 0 Å². The highest BCUT2D eigenvalue weighted by atomic mass is 16.5. The van der Waals surface area contributed by atoms with E-state index in [1.165, 1.54) is 0 Å². The number of aryl methyl sites for hydroxylation is 1. The SMILES string of the molecule is CCOC(=O)CCCNC(=O)COC(=O)c1ccccc1-c1ncc(-c2ccc(C)cc2)o1. The lowest BCUT2D eigenvalue weighted by Gasteiger charge is -2.08. The molecule has 1 aromatic heterocycles. The Hall–Kier alpha value is -3.94. The summed E-state index contributed by atoms with van der Waals surface area (Å²) in [6.45, 7) is 3.90. The second-order valence-corrected chi connectivity index (χ2v) is 7.28. The van der Waals surface area contributed by atoms with Crippen molar-refractivity contribution in [2.75, 3.05) is 19.8 Å². The van der Waals surface area contributed by atoms with Crippen molar-refractivity contribution >= 4 is 17.8 Å². The van der Waals surface area contributed by atoms with E-state index < -0.39 is 18.5 Å². The van der Waals surface area contributed by atoms with Crippen LogP contribution in [0.2, 0.25) is 0 Å². The molecule has 172 valence electrons. The predicted octanol–water partition coefficient (Wildman–Crippen LogP) is 3.93. The standard InChI is InChI=1S/C25H26N2O6/c1-3-31-23(29)9-6-14-26-22(28)16-32-25(30)20-8-5-4-7-19(20)24-27-15-21(33-24)18-12-10-17(2)11-13-18/h4-5,7-8,10-13,15H,3,6,9,14,16H2,1-2H3,(H,26,28). The number of oxazole rings is 1. The molecular formula is C25H26N2O6. The fourth-order valence-corrected chi connectivity index (χ4v) is 3.05. The molecule has 8 heteroatoms. The molecule has 0 unspecified atom stereocenters. The Balaban J connectivity index is 1.58. The minimum Gasteiger partial charge on any atom is -0.466 e. The van der Waals surface area contributed by atoms with Gasteiger partial charge < -0.3 is 19.2 Å². The third kappa shape index (κ3) is 6.77. The van der Waals surface area contributed by atoms with E-state index in [0.717, 1.165) is 11.1 Å². The van der Waals surface area contributed by atoms with Crippen LogP contribution < -0.4 is 5.32 Å². The Morgan fingerprint density at radius 1 is 1.03 bits per heavy atom. The van der Waals surface area contributed by atoms with Crippen molar-refractivity contribution in [2.45, 2.75) is 26.7 Å². The van der Waals surface area contributed by atoms with E-state index in [4.69, 9.17) is 13.9 Å². The van der Waals surface area contributed by atoms with E-state index in [9.17, 15) is 14.4 Å². The maximum Gasteiger partial charge on any atom is 0.339 e. The fourth-order valence-electron chi connectivity index (χ4n) is 3.05. The molecule has 0 aliphatic rings. The Morgan fingerprint density at radius 2 is 1.79 bits per heavy atom. The summed E-state index contributed by atoms with van der Waals surface area (Å²) in [5.74, 6) is -0.575. The number of amides is 1. The molecule has 0 spiro atoms. The number of benzene rings is 2. The van der Waals surface area contributed by atoms with Crippen molar-refractivity contribution in [1.29, 1.82) is 0 Å². The van der Waals surface area contributed by atoms with E-state index in [-0.39, 0.29) is 30.4 Å². The van der Waals surface area contributed by atoms with Crippen molar-refractivity contribution in [1.82, 2.24) is 10.3 Å². The lowest BCUT2D eigenvalue weighted by atomic mass is 10.1. The van der Waals surface area contributed by atoms with Gasteiger partial charge in [0, 0.05) is 18.5 Å². The smallest absolute Gasteiger partial charge is 0.339 e. The molecule has 3 rings (SSSR count). The molecule has 0 radical (unpaired) electrons. The summed E-state index contributed by atoms with van der Waals surface area (Å²) in [7, 11) is 0. The van der Waals surface area contributed by atoms with Crippen LogP contribution in [0.1, 0.15) is 35.7 Å². The van der Waals surface area contributed by atoms with Crippen LogP contribution >= 0.6 is 0 Å². The van der Waals surface area contributed by atoms with Crippen LogP contribution in [0.15, 0.2) is 59.1 Å². The van der Waals surface area contributed by atoms with Crippen LogP contribution in [-0.4, -0.2) is 42.6 Å². The van der Waals surface area contributed by atoms with Gasteiger partial charge >= 0.3 is 11.9 Å². The van der Waals surface area contributed by atoms with Crippen LogP contribution in [0.4, 0.5) is 0 Å². The second kappa shape index (κ2) is 11.6. The molecule has 0 saturated carbocycles. The highest BCUT2D eigenvalue weighted by Gasteiger charge is 2.19. The van der Waals surface area contributed by atoms with Crippen molar-refractivity contribution in [3.8, 4) is 22.8 Å². The second-order valence-electron chi connectivity index (χ2n) is 7.28. The Bertz CT molecular complexity index is 1100. The third-order valence-electron chi connectivity index (χ3n) is 4.74. The first kappa shape index (κ1) is 23.7. The molecule has 0 aliphatic heterocycles. The summed E-state index contributed by atoms with van der Waals surface area (Å²) in [5.41, 5.74) is 2.72. The van der Waals surface area contributed by atoms with Gasteiger partial charge in [0.05, 0.1) is 23.9 Å². The molecule has 3 aromatic rings. The molecule has 1 heterocycles. The molecule has 33 heavy (non-hydrogen) atoms. The molecule has 0 bridgehead atoms. The van der Waals surface area contributed by atoms with Gasteiger partial charge in [0.25, 0.3) is 5.91 Å². The Labute approximate surface area is 191 Å². The van der Waals surface area contributed by atoms with Crippen molar-refractivity contribution in [3.63, 3.8) is 0 Å². The molecule has 2 aromatic carbocycles. The number of aromatic nitrogens is 1. The number of rotatable bonds is 10. The maximum absolute atomic E-state index is 12.6. The monoisotopic (exact) mass is 450 g/mol. The van der Waals surface area contributed by atoms with Crippen LogP contribution in [0, 0.1) is 6.92 Å². The van der Waals surface area contributed by atoms with Gasteiger partial charge in [0.15, 0.2) is 12.4 Å². The van der Waals surface area contributed by atoms with Gasteiger partial charge in [-0.15, -0.1) is 0 Å². The summed E-state index contributed by atoms with van der Waals surface area (Å²) in [6, 6.07) is 14.6. The number of esters is 2. The number of hydrogen-bond acceptors (Lipinski definition) is 7. The molecule has 0 fully saturated rings. The van der Waals surface area contributed by atoms with E-state index >= 15 is 0 Å². The largest absolute Gasteiger partial charge is 0.466 e. The maximum atomic E-state index is 12.6. The summed E-state index contributed by atoms with van der Waals surface area (Å²) in [6.07, 6.45) is 2.25. The zero-order valence-corrected chi connectivity index (χ0v) is 18.6. The van der Waals surface area contributed by atoms with Crippen molar-refractivity contribution in [2.24, 2.45) is 0 Å². The van der Waals surface area contributed by atoms with Crippen LogP contribution in [0.5, 0.6) is 0 Å². The minimum atomic E-state index is -0.664. The zero-order chi connectivity index (χ0) is 23.6. The number of carbonyl (C=O) groups is 3. The molecule has 0 atom stereocenters. The van der Waals surface area contributed by atoms with Gasteiger partial charge in [-0.1, -0.05) is 42.0 Å². The van der Waals surface area contributed by atoms with E-state index in [1.54, 1.807) is 37.4 Å². The fraction of sp³-hybridized carbons (Fsp3) is 0.280. The molecule has 1 N–H and O–H groups in total. The summed E-state index contributed by atoms with van der Waals surface area (Å²) in [5, 5.41) is 2.60. The molecule has 8 nitrogen and oxygen atoms in total. The summed E-state index contributed by atoms with van der Waals surface area (Å²) >= 11 is 0. The average Bonchev–Trinajstić information content (AvgIpc) is 3.31. The number of ether oxygens (including phenoxy) is 2. The number of carbonyl (C=O) groups excluding carboxylic acids is 3. The van der Waals surface area contributed by atoms with E-state index in [2.05, 4.69) is 10.3 Å². The summed E-state index contributed by atoms with van der Waals surface area (Å²) < 4.78 is 15.9. The topological polar surface area (TPSA) is 108 Å². The van der Waals surface area contributed by atoms with Gasteiger partial charge in [-0.3, -0.25) is 9.59 Å². The Kier molecular flexibility index (Phi) is 8.35. The Morgan fingerprint density at radius 3 is 2.55 bits per heavy atom. The lowest BCUT2D eigenvalue weighted by Crippen LogP contribution is -2.30. The first-order valence-electron chi connectivity index (χ1n) is 10.7. The molecule has 1 amide bonds. The first-order valence-corrected chi connectivity index (χ1v) is 10.7. The van der Waals surface area contributed by atoms with Crippen molar-refractivity contribution in [3.05, 3.63) is 65.9 Å². The third-order valence-corrected chi connectivity index (χ3v) is 4.74. The summed E-state index contributed by atoms with van der Waals surface area (Å²) in [4.78, 5) is 40.2. The van der Waals surface area contributed by atoms with Gasteiger partial charge in [0.2, 0.25) is 5.89 Å². The molecule has 0 aliphatic carbocycles. The highest BCUT2D eigenvalue weighted by molar-refractivity contribution is 5.97. The zero-order valence-electron chi connectivity index (χ0n) is 18.6. The normalized spacial score (nSPS) is 10.5. The van der Waals surface area contributed by atoms with Crippen LogP contribution in [0.25, 0.3) is 22.8 Å². The van der Waals surface area contributed by atoms with E-state index in [0.29, 0.717) is 24.4 Å². The lowest BCUT2D eigenvalue weighted by molar-refractivity contribution is -0.143. The minimum absolute atomic E-state index is 0.210. The number of nitrogens with one attached hydrogen (secondary N) is 1. The van der Waals surface area contributed by atoms with Crippen molar-refractivity contribution < 1.29 is 28.3 Å². The van der Waals surface area contributed by atoms with Gasteiger partial charge in [0.1, 0.15) is 0 Å². The van der Waals surface area contributed by atoms with E-state index in [1.807, 2.05) is 31.2 Å². The molecule has 0 saturated heterocycles. The average molecular weight is 450 g/mol. The van der Waals surface area contributed by atoms with Crippen LogP contribution in [-0.2, 0) is 19.1 Å². The first-order chi connectivity index (χ1) is 16.0. The predicted molar refractivity (Wildman–Crippen MR) is 121 cm³/mol. The number of nitrogens with zero attached hydrogens (tertiary/aromatic N) is 1. The highest BCUT2D eigenvalue weighted by Crippen LogP contribution is 2.28. The van der Waals surface area contributed by atoms with Gasteiger partial charge in [-0.25, -0.2) is 9.78 Å². The molecular weight excluding hydrogens is 424 g/mol. The number of hydrogen-bond donors (Lipinski definition) is 1. The quantitative estimate of drug-likeness (QED) is 0.368. The van der Waals surface area contributed by atoms with Gasteiger partial charge in [-0.05, 0) is 32.4 Å².